The lowest BCUT2D eigenvalue weighted by molar-refractivity contribution is 0.214. The monoisotopic (exact) mass is 523 g/mol. The molecule has 36 heavy (non-hydrogen) atoms. The van der Waals surface area contributed by atoms with Gasteiger partial charge in [-0.3, -0.25) is 4.90 Å². The molecule has 2 fully saturated rings. The van der Waals surface area contributed by atoms with E-state index in [1.807, 2.05) is 24.3 Å². The molecule has 0 bridgehead atoms. The molecule has 1 saturated heterocycles. The van der Waals surface area contributed by atoms with E-state index in [1.54, 1.807) is 17.6 Å². The molecule has 2 aromatic carbocycles. The highest BCUT2D eigenvalue weighted by Crippen LogP contribution is 2.31. The third-order valence-corrected chi connectivity index (χ3v) is 10.1. The molecule has 190 valence electrons. The zero-order valence-corrected chi connectivity index (χ0v) is 22.0. The minimum absolute atomic E-state index is 0.0224. The van der Waals surface area contributed by atoms with Crippen LogP contribution in [0.1, 0.15) is 32.1 Å². The van der Waals surface area contributed by atoms with Gasteiger partial charge in [0.15, 0.2) is 0 Å². The molecule has 7 nitrogen and oxygen atoms in total. The van der Waals surface area contributed by atoms with Gasteiger partial charge in [-0.1, -0.05) is 30.3 Å². The third kappa shape index (κ3) is 5.02. The van der Waals surface area contributed by atoms with E-state index in [4.69, 9.17) is 4.37 Å². The van der Waals surface area contributed by atoms with Crippen molar-refractivity contribution in [3.8, 4) is 0 Å². The molecular formula is C27H33N5O2S2. The molecule has 6 rings (SSSR count). The molecule has 0 atom stereocenters. The molecule has 0 spiro atoms. The fourth-order valence-electron chi connectivity index (χ4n) is 5.69. The van der Waals surface area contributed by atoms with E-state index in [0.29, 0.717) is 5.92 Å². The van der Waals surface area contributed by atoms with Crippen LogP contribution >= 0.6 is 11.5 Å². The Balaban J connectivity index is 0.951. The van der Waals surface area contributed by atoms with Gasteiger partial charge in [0.1, 0.15) is 10.8 Å². The smallest absolute Gasteiger partial charge is 0.256 e. The first kappa shape index (κ1) is 23.9. The van der Waals surface area contributed by atoms with Crippen molar-refractivity contribution in [1.82, 2.24) is 19.0 Å². The molecule has 2 aliphatic rings. The Bertz CT molecular complexity index is 1400. The minimum atomic E-state index is -3.53. The maximum absolute atomic E-state index is 12.9. The van der Waals surface area contributed by atoms with E-state index < -0.39 is 10.0 Å². The average Bonchev–Trinajstić information content (AvgIpc) is 3.54. The fourth-order valence-corrected chi connectivity index (χ4v) is 7.82. The van der Waals surface area contributed by atoms with Gasteiger partial charge < -0.3 is 9.88 Å². The lowest BCUT2D eigenvalue weighted by Crippen LogP contribution is -2.47. The molecule has 1 aliphatic carbocycles. The van der Waals surface area contributed by atoms with Gasteiger partial charge in [0.25, 0.3) is 10.0 Å². The van der Waals surface area contributed by atoms with Crippen molar-refractivity contribution in [2.75, 3.05) is 37.6 Å². The van der Waals surface area contributed by atoms with Crippen LogP contribution in [0.3, 0.4) is 0 Å². The number of nitrogens with one attached hydrogen (secondary N) is 2. The van der Waals surface area contributed by atoms with Crippen molar-refractivity contribution < 1.29 is 8.42 Å². The van der Waals surface area contributed by atoms with E-state index in [2.05, 4.69) is 43.8 Å². The summed E-state index contributed by atoms with van der Waals surface area (Å²) in [7, 11) is -3.53. The standard InChI is InChI=1S/C27H33N5O2S2/c33-36(34,26-19-21-5-1-3-7-24(21)28-26)30-22-11-9-20(10-12-22)13-14-31-15-17-32(18-16-31)27-23-6-2-4-8-25(23)35-29-27/h1-8,19-20,22,28,30H,9-18H2/t20-,22+. The summed E-state index contributed by atoms with van der Waals surface area (Å²) in [5.74, 6) is 1.82. The quantitative estimate of drug-likeness (QED) is 0.363. The van der Waals surface area contributed by atoms with E-state index >= 15 is 0 Å². The van der Waals surface area contributed by atoms with Crippen LogP contribution in [0.4, 0.5) is 5.82 Å². The van der Waals surface area contributed by atoms with Gasteiger partial charge in [-0.25, -0.2) is 13.1 Å². The number of piperazine rings is 1. The summed E-state index contributed by atoms with van der Waals surface area (Å²) in [5.41, 5.74) is 0.849. The Morgan fingerprint density at radius 3 is 2.53 bits per heavy atom. The second kappa shape index (κ2) is 10.1. The summed E-state index contributed by atoms with van der Waals surface area (Å²) in [6, 6.07) is 17.9. The van der Waals surface area contributed by atoms with Crippen molar-refractivity contribution in [3.05, 3.63) is 54.6 Å². The van der Waals surface area contributed by atoms with E-state index in [9.17, 15) is 8.42 Å². The summed E-state index contributed by atoms with van der Waals surface area (Å²) >= 11 is 1.59. The summed E-state index contributed by atoms with van der Waals surface area (Å²) in [6.07, 6.45) is 5.19. The molecule has 0 amide bonds. The van der Waals surface area contributed by atoms with Crippen molar-refractivity contribution >= 4 is 48.4 Å². The molecule has 1 saturated carbocycles. The van der Waals surface area contributed by atoms with Gasteiger partial charge in [0.2, 0.25) is 0 Å². The van der Waals surface area contributed by atoms with Crippen LogP contribution in [-0.4, -0.2) is 61.4 Å². The molecule has 9 heteroatoms. The van der Waals surface area contributed by atoms with Crippen molar-refractivity contribution in [3.63, 3.8) is 0 Å². The Morgan fingerprint density at radius 1 is 0.972 bits per heavy atom. The lowest BCUT2D eigenvalue weighted by Gasteiger charge is -2.36. The number of H-pyrrole nitrogens is 1. The van der Waals surface area contributed by atoms with Gasteiger partial charge in [0.05, 0.1) is 4.70 Å². The van der Waals surface area contributed by atoms with Gasteiger partial charge in [0, 0.05) is 48.5 Å². The largest absolute Gasteiger partial charge is 0.353 e. The van der Waals surface area contributed by atoms with Crippen LogP contribution in [0.15, 0.2) is 59.6 Å². The molecule has 2 aromatic heterocycles. The molecule has 1 aliphatic heterocycles. The van der Waals surface area contributed by atoms with E-state index in [-0.39, 0.29) is 11.1 Å². The number of fused-ring (bicyclic) bond motifs is 2. The lowest BCUT2D eigenvalue weighted by atomic mass is 9.84. The molecule has 0 unspecified atom stereocenters. The van der Waals surface area contributed by atoms with Crippen LogP contribution in [-0.2, 0) is 10.0 Å². The Kier molecular flexibility index (Phi) is 6.73. The summed E-state index contributed by atoms with van der Waals surface area (Å²) in [6.45, 7) is 5.32. The number of sulfonamides is 1. The second-order valence-corrected chi connectivity index (χ2v) is 12.7. The number of para-hydroxylation sites is 1. The van der Waals surface area contributed by atoms with Gasteiger partial charge in [-0.15, -0.1) is 0 Å². The number of hydrogen-bond acceptors (Lipinski definition) is 6. The summed E-state index contributed by atoms with van der Waals surface area (Å²) in [4.78, 5) is 8.06. The van der Waals surface area contributed by atoms with E-state index in [1.165, 1.54) is 16.5 Å². The number of nitrogens with zero attached hydrogens (tertiary/aromatic N) is 3. The van der Waals surface area contributed by atoms with Crippen molar-refractivity contribution in [1.29, 1.82) is 0 Å². The predicted molar refractivity (Wildman–Crippen MR) is 147 cm³/mol. The zero-order valence-electron chi connectivity index (χ0n) is 20.4. The van der Waals surface area contributed by atoms with Crippen LogP contribution in [0.2, 0.25) is 0 Å². The number of anilines is 1. The summed E-state index contributed by atoms with van der Waals surface area (Å²) < 4.78 is 34.8. The van der Waals surface area contributed by atoms with Gasteiger partial charge in [-0.2, -0.15) is 4.37 Å². The highest BCUT2D eigenvalue weighted by Gasteiger charge is 2.27. The first-order valence-corrected chi connectivity index (χ1v) is 15.2. The molecule has 2 N–H and O–H groups in total. The van der Waals surface area contributed by atoms with Crippen molar-refractivity contribution in [2.45, 2.75) is 43.2 Å². The highest BCUT2D eigenvalue weighted by atomic mass is 32.2. The number of aromatic amines is 1. The fraction of sp³-hybridized carbons (Fsp3) is 0.444. The summed E-state index contributed by atoms with van der Waals surface area (Å²) in [5, 5.41) is 2.45. The average molecular weight is 524 g/mol. The van der Waals surface area contributed by atoms with Crippen LogP contribution < -0.4 is 9.62 Å². The predicted octanol–water partition coefficient (Wildman–Crippen LogP) is 4.83. The number of benzene rings is 2. The normalized spacial score (nSPS) is 21.9. The second-order valence-electron chi connectivity index (χ2n) is 10.2. The number of rotatable bonds is 7. The first-order chi connectivity index (χ1) is 17.5. The zero-order chi connectivity index (χ0) is 24.5. The number of hydrogen-bond donors (Lipinski definition) is 2. The highest BCUT2D eigenvalue weighted by molar-refractivity contribution is 7.89. The third-order valence-electron chi connectivity index (χ3n) is 7.85. The van der Waals surface area contributed by atoms with Crippen LogP contribution in [0.25, 0.3) is 21.0 Å². The van der Waals surface area contributed by atoms with Crippen LogP contribution in [0, 0.1) is 5.92 Å². The Labute approximate surface area is 216 Å². The first-order valence-electron chi connectivity index (χ1n) is 13.0. The Morgan fingerprint density at radius 2 is 1.72 bits per heavy atom. The molecular weight excluding hydrogens is 490 g/mol. The maximum atomic E-state index is 12.9. The molecule has 3 heterocycles. The van der Waals surface area contributed by atoms with Crippen LogP contribution in [0.5, 0.6) is 0 Å². The SMILES string of the molecule is O=S(=O)(N[C@H]1CC[C@@H](CCN2CCN(c3nsc4ccccc34)CC2)CC1)c1cc2ccccc2[nH]1. The van der Waals surface area contributed by atoms with Gasteiger partial charge in [-0.05, 0) is 80.4 Å². The Hall–Kier alpha value is -2.46. The topological polar surface area (TPSA) is 81.3 Å². The van der Waals surface area contributed by atoms with Crippen molar-refractivity contribution in [2.24, 2.45) is 5.92 Å². The minimum Gasteiger partial charge on any atom is -0.353 e. The number of aromatic nitrogens is 2. The van der Waals surface area contributed by atoms with Gasteiger partial charge >= 0.3 is 0 Å². The molecule has 0 radical (unpaired) electrons. The maximum Gasteiger partial charge on any atom is 0.256 e. The molecule has 4 aromatic rings. The van der Waals surface area contributed by atoms with E-state index in [0.717, 1.165) is 75.1 Å².